The Bertz CT molecular complexity index is 262. The monoisotopic (exact) mass is 231 g/mol. The van der Waals surface area contributed by atoms with Crippen molar-refractivity contribution in [2.45, 2.75) is 44.4 Å². The fraction of sp³-hybridized carbons (Fsp3) is 0.800. The lowest BCUT2D eigenvalue weighted by molar-refractivity contribution is -0.164. The maximum absolute atomic E-state index is 10.7. The summed E-state index contributed by atoms with van der Waals surface area (Å²) < 4.78 is 0. The summed E-state index contributed by atoms with van der Waals surface area (Å²) in [6.45, 7) is -0.432. The van der Waals surface area contributed by atoms with E-state index >= 15 is 0 Å². The molecular weight excluding hydrogens is 214 g/mol. The van der Waals surface area contributed by atoms with E-state index in [-0.39, 0.29) is 6.04 Å². The van der Waals surface area contributed by atoms with E-state index < -0.39 is 24.7 Å². The molecule has 0 bridgehead atoms. The van der Waals surface area contributed by atoms with Crippen molar-refractivity contribution in [3.63, 3.8) is 0 Å². The molecule has 6 nitrogen and oxygen atoms in total. The van der Waals surface area contributed by atoms with Crippen LogP contribution in [0, 0.1) is 0 Å². The van der Waals surface area contributed by atoms with Gasteiger partial charge in [0.25, 0.3) is 0 Å². The zero-order chi connectivity index (χ0) is 12.1. The number of aliphatic hydroxyl groups is 1. The Balaban J connectivity index is 2.68. The topological polar surface area (TPSA) is 98.1 Å². The molecule has 1 unspecified atom stereocenters. The normalized spacial score (nSPS) is 19.6. The molecule has 16 heavy (non-hydrogen) atoms. The van der Waals surface area contributed by atoms with Gasteiger partial charge in [0.1, 0.15) is 0 Å². The summed E-state index contributed by atoms with van der Waals surface area (Å²) in [5, 5.41) is 26.9. The van der Waals surface area contributed by atoms with Crippen LogP contribution in [0.2, 0.25) is 0 Å². The first-order chi connectivity index (χ1) is 7.52. The number of hydrogen-bond donors (Lipinski definition) is 3. The van der Waals surface area contributed by atoms with Crippen LogP contribution in [-0.2, 0) is 9.59 Å². The summed E-state index contributed by atoms with van der Waals surface area (Å²) in [5.74, 6) is -2.52. The van der Waals surface area contributed by atoms with Crippen LogP contribution < -0.4 is 0 Å². The van der Waals surface area contributed by atoms with Crippen LogP contribution in [0.1, 0.15) is 32.1 Å². The maximum atomic E-state index is 10.7. The molecule has 1 aliphatic rings. The van der Waals surface area contributed by atoms with Crippen molar-refractivity contribution in [3.05, 3.63) is 0 Å². The van der Waals surface area contributed by atoms with Gasteiger partial charge in [-0.05, 0) is 12.8 Å². The van der Waals surface area contributed by atoms with Crippen LogP contribution in [0.5, 0.6) is 0 Å². The van der Waals surface area contributed by atoms with Crippen LogP contribution in [-0.4, -0.2) is 51.0 Å². The highest BCUT2D eigenvalue weighted by Crippen LogP contribution is 2.23. The summed E-state index contributed by atoms with van der Waals surface area (Å²) in [5.41, 5.74) is 0. The standard InChI is InChI=1S/C10H17NO5/c12-8(13)6-11(9(14)10(15)16)7-4-2-1-3-5-7/h7,9,14H,1-6H2,(H,12,13)(H,15,16). The van der Waals surface area contributed by atoms with Gasteiger partial charge >= 0.3 is 11.9 Å². The highest BCUT2D eigenvalue weighted by Gasteiger charge is 2.31. The van der Waals surface area contributed by atoms with Crippen molar-refractivity contribution in [2.75, 3.05) is 6.54 Å². The first kappa shape index (κ1) is 12.9. The largest absolute Gasteiger partial charge is 0.480 e. The number of carbonyl (C=O) groups is 2. The molecule has 0 heterocycles. The number of nitrogens with zero attached hydrogens (tertiary/aromatic N) is 1. The number of rotatable bonds is 5. The number of carboxylic acids is 2. The minimum Gasteiger partial charge on any atom is -0.480 e. The van der Waals surface area contributed by atoms with Gasteiger partial charge in [0.15, 0.2) is 0 Å². The molecule has 0 aromatic carbocycles. The zero-order valence-corrected chi connectivity index (χ0v) is 9.00. The van der Waals surface area contributed by atoms with Crippen molar-refractivity contribution < 1.29 is 24.9 Å². The van der Waals surface area contributed by atoms with E-state index in [1.807, 2.05) is 0 Å². The van der Waals surface area contributed by atoms with Crippen molar-refractivity contribution in [2.24, 2.45) is 0 Å². The second-order valence-corrected chi connectivity index (χ2v) is 4.07. The molecule has 1 atom stereocenters. The van der Waals surface area contributed by atoms with Crippen LogP contribution >= 0.6 is 0 Å². The molecule has 1 aliphatic carbocycles. The lowest BCUT2D eigenvalue weighted by Gasteiger charge is -2.34. The Morgan fingerprint density at radius 1 is 1.19 bits per heavy atom. The van der Waals surface area contributed by atoms with Gasteiger partial charge < -0.3 is 15.3 Å². The molecule has 0 amide bonds. The molecule has 1 saturated carbocycles. The van der Waals surface area contributed by atoms with Gasteiger partial charge in [0, 0.05) is 6.04 Å². The predicted octanol–water partition coefficient (Wildman–Crippen LogP) is 0.109. The molecule has 6 heteroatoms. The Morgan fingerprint density at radius 2 is 1.75 bits per heavy atom. The molecule has 1 rings (SSSR count). The minimum absolute atomic E-state index is 0.143. The van der Waals surface area contributed by atoms with E-state index in [4.69, 9.17) is 10.2 Å². The summed E-state index contributed by atoms with van der Waals surface area (Å²) in [4.78, 5) is 22.5. The lowest BCUT2D eigenvalue weighted by Crippen LogP contribution is -2.50. The second-order valence-electron chi connectivity index (χ2n) is 4.07. The van der Waals surface area contributed by atoms with Gasteiger partial charge in [-0.3, -0.25) is 9.69 Å². The third kappa shape index (κ3) is 3.46. The van der Waals surface area contributed by atoms with Crippen molar-refractivity contribution >= 4 is 11.9 Å². The van der Waals surface area contributed by atoms with Crippen molar-refractivity contribution in [1.82, 2.24) is 4.90 Å². The summed E-state index contributed by atoms with van der Waals surface area (Å²) in [7, 11) is 0. The summed E-state index contributed by atoms with van der Waals surface area (Å²) in [6.07, 6.45) is 2.76. The van der Waals surface area contributed by atoms with E-state index in [1.165, 1.54) is 0 Å². The molecular formula is C10H17NO5. The lowest BCUT2D eigenvalue weighted by atomic mass is 9.94. The number of carboxylic acid groups (broad SMARTS) is 2. The molecule has 1 fully saturated rings. The van der Waals surface area contributed by atoms with Gasteiger partial charge in [-0.15, -0.1) is 0 Å². The first-order valence-corrected chi connectivity index (χ1v) is 5.41. The van der Waals surface area contributed by atoms with E-state index in [1.54, 1.807) is 0 Å². The molecule has 0 spiro atoms. The Morgan fingerprint density at radius 3 is 2.19 bits per heavy atom. The number of hydrogen-bond acceptors (Lipinski definition) is 4. The minimum atomic E-state index is -1.72. The van der Waals surface area contributed by atoms with Crippen molar-refractivity contribution in [3.8, 4) is 0 Å². The second kappa shape index (κ2) is 5.81. The Hall–Kier alpha value is -1.14. The molecule has 0 radical (unpaired) electrons. The third-order valence-corrected chi connectivity index (χ3v) is 2.90. The highest BCUT2D eigenvalue weighted by molar-refractivity contribution is 5.74. The highest BCUT2D eigenvalue weighted by atomic mass is 16.4. The van der Waals surface area contributed by atoms with Gasteiger partial charge in [0.05, 0.1) is 6.54 Å². The fourth-order valence-corrected chi connectivity index (χ4v) is 2.13. The molecule has 92 valence electrons. The van der Waals surface area contributed by atoms with E-state index in [9.17, 15) is 14.7 Å². The van der Waals surface area contributed by atoms with Gasteiger partial charge in [-0.25, -0.2) is 4.79 Å². The van der Waals surface area contributed by atoms with Crippen LogP contribution in [0.15, 0.2) is 0 Å². The van der Waals surface area contributed by atoms with E-state index in [0.717, 1.165) is 37.0 Å². The van der Waals surface area contributed by atoms with Gasteiger partial charge in [0.2, 0.25) is 6.23 Å². The van der Waals surface area contributed by atoms with Crippen LogP contribution in [0.3, 0.4) is 0 Å². The van der Waals surface area contributed by atoms with Crippen molar-refractivity contribution in [1.29, 1.82) is 0 Å². The first-order valence-electron chi connectivity index (χ1n) is 5.41. The van der Waals surface area contributed by atoms with Gasteiger partial charge in [-0.1, -0.05) is 19.3 Å². The molecule has 3 N–H and O–H groups in total. The molecule has 0 aromatic rings. The quantitative estimate of drug-likeness (QED) is 0.581. The Labute approximate surface area is 93.5 Å². The fourth-order valence-electron chi connectivity index (χ4n) is 2.13. The number of aliphatic carboxylic acids is 2. The maximum Gasteiger partial charge on any atom is 0.348 e. The predicted molar refractivity (Wildman–Crippen MR) is 54.9 cm³/mol. The molecule has 0 aromatic heterocycles. The summed E-state index contributed by atoms with van der Waals surface area (Å²) in [6, 6.07) is -0.143. The van der Waals surface area contributed by atoms with E-state index in [2.05, 4.69) is 0 Å². The average molecular weight is 231 g/mol. The zero-order valence-electron chi connectivity index (χ0n) is 9.00. The van der Waals surface area contributed by atoms with Crippen LogP contribution in [0.25, 0.3) is 0 Å². The smallest absolute Gasteiger partial charge is 0.348 e. The SMILES string of the molecule is O=C(O)CN(C1CCCCC1)C(O)C(=O)O. The van der Waals surface area contributed by atoms with Gasteiger partial charge in [-0.2, -0.15) is 0 Å². The number of aliphatic hydroxyl groups excluding tert-OH is 1. The van der Waals surface area contributed by atoms with Crippen LogP contribution in [0.4, 0.5) is 0 Å². The molecule has 0 saturated heterocycles. The average Bonchev–Trinajstić information content (AvgIpc) is 2.26. The molecule has 0 aliphatic heterocycles. The van der Waals surface area contributed by atoms with E-state index in [0.29, 0.717) is 0 Å². The summed E-state index contributed by atoms with van der Waals surface area (Å²) >= 11 is 0. The Kier molecular flexibility index (Phi) is 4.70. The third-order valence-electron chi connectivity index (χ3n) is 2.90.